The van der Waals surface area contributed by atoms with Crippen LogP contribution in [-0.4, -0.2) is 24.2 Å². The van der Waals surface area contributed by atoms with Crippen LogP contribution in [0, 0.1) is 5.92 Å². The van der Waals surface area contributed by atoms with Gasteiger partial charge in [0.25, 0.3) is 5.91 Å². The summed E-state index contributed by atoms with van der Waals surface area (Å²) < 4.78 is 0. The first kappa shape index (κ1) is 14.8. The molecular formula is C16H19NO2S. The first-order valence-corrected chi connectivity index (χ1v) is 7.62. The Morgan fingerprint density at radius 3 is 2.75 bits per heavy atom. The third-order valence-electron chi connectivity index (χ3n) is 3.19. The van der Waals surface area contributed by atoms with Crippen LogP contribution in [0.25, 0.3) is 11.1 Å². The SMILES string of the molecule is CC(CCO)CNC(=O)c1sccc1-c1ccccc1. The largest absolute Gasteiger partial charge is 0.396 e. The van der Waals surface area contributed by atoms with Crippen LogP contribution in [0.1, 0.15) is 23.0 Å². The lowest BCUT2D eigenvalue weighted by atomic mass is 10.1. The van der Waals surface area contributed by atoms with Crippen molar-refractivity contribution >= 4 is 17.2 Å². The molecule has 1 aromatic heterocycles. The van der Waals surface area contributed by atoms with Gasteiger partial charge in [-0.05, 0) is 29.3 Å². The summed E-state index contributed by atoms with van der Waals surface area (Å²) in [5.74, 6) is 0.243. The van der Waals surface area contributed by atoms with Crippen molar-refractivity contribution in [2.75, 3.05) is 13.2 Å². The number of carbonyl (C=O) groups is 1. The van der Waals surface area contributed by atoms with Gasteiger partial charge in [0, 0.05) is 18.7 Å². The molecule has 1 aromatic carbocycles. The number of benzene rings is 1. The zero-order valence-electron chi connectivity index (χ0n) is 11.5. The molecule has 0 aliphatic carbocycles. The average molecular weight is 289 g/mol. The van der Waals surface area contributed by atoms with Gasteiger partial charge in [-0.25, -0.2) is 0 Å². The van der Waals surface area contributed by atoms with E-state index in [1.54, 1.807) is 0 Å². The van der Waals surface area contributed by atoms with Crippen LogP contribution in [0.5, 0.6) is 0 Å². The number of nitrogens with one attached hydrogen (secondary N) is 1. The van der Waals surface area contributed by atoms with Gasteiger partial charge in [-0.3, -0.25) is 4.79 Å². The minimum absolute atomic E-state index is 0.0383. The predicted octanol–water partition coefficient (Wildman–Crippen LogP) is 3.16. The lowest BCUT2D eigenvalue weighted by molar-refractivity contribution is 0.0950. The van der Waals surface area contributed by atoms with Crippen LogP contribution in [0.3, 0.4) is 0 Å². The number of aliphatic hydroxyl groups excluding tert-OH is 1. The molecule has 1 amide bonds. The number of amides is 1. The molecule has 0 fully saturated rings. The summed E-state index contributed by atoms with van der Waals surface area (Å²) in [6, 6.07) is 11.9. The lowest BCUT2D eigenvalue weighted by Crippen LogP contribution is -2.28. The van der Waals surface area contributed by atoms with Crippen LogP contribution in [0.4, 0.5) is 0 Å². The predicted molar refractivity (Wildman–Crippen MR) is 83.0 cm³/mol. The Kier molecular flexibility index (Phi) is 5.32. The molecule has 0 aliphatic rings. The summed E-state index contributed by atoms with van der Waals surface area (Å²) in [5.41, 5.74) is 2.03. The van der Waals surface area contributed by atoms with Gasteiger partial charge in [0.05, 0.1) is 4.88 Å². The molecule has 0 saturated heterocycles. The summed E-state index contributed by atoms with van der Waals surface area (Å²) in [5, 5.41) is 13.7. The molecule has 20 heavy (non-hydrogen) atoms. The zero-order valence-corrected chi connectivity index (χ0v) is 12.3. The van der Waals surface area contributed by atoms with Crippen molar-refractivity contribution in [3.05, 3.63) is 46.7 Å². The van der Waals surface area contributed by atoms with Gasteiger partial charge in [-0.15, -0.1) is 11.3 Å². The Balaban J connectivity index is 2.07. The van der Waals surface area contributed by atoms with Crippen molar-refractivity contribution in [1.29, 1.82) is 0 Å². The van der Waals surface area contributed by atoms with Gasteiger partial charge in [-0.2, -0.15) is 0 Å². The molecule has 0 saturated carbocycles. The second-order valence-corrected chi connectivity index (χ2v) is 5.77. The topological polar surface area (TPSA) is 49.3 Å². The molecule has 2 N–H and O–H groups in total. The zero-order chi connectivity index (χ0) is 14.4. The van der Waals surface area contributed by atoms with Crippen molar-refractivity contribution in [2.24, 2.45) is 5.92 Å². The fourth-order valence-corrected chi connectivity index (χ4v) is 2.83. The maximum Gasteiger partial charge on any atom is 0.261 e. The van der Waals surface area contributed by atoms with Crippen molar-refractivity contribution in [2.45, 2.75) is 13.3 Å². The van der Waals surface area contributed by atoms with Crippen LogP contribution in [0.2, 0.25) is 0 Å². The molecule has 1 atom stereocenters. The van der Waals surface area contributed by atoms with E-state index < -0.39 is 0 Å². The number of hydrogen-bond acceptors (Lipinski definition) is 3. The first-order valence-electron chi connectivity index (χ1n) is 6.74. The maximum absolute atomic E-state index is 12.2. The average Bonchev–Trinajstić information content (AvgIpc) is 2.95. The van der Waals surface area contributed by atoms with Crippen LogP contribution < -0.4 is 5.32 Å². The Labute approximate surface area is 123 Å². The minimum atomic E-state index is -0.0383. The van der Waals surface area contributed by atoms with E-state index in [0.717, 1.165) is 16.0 Å². The van der Waals surface area contributed by atoms with Gasteiger partial charge in [0.2, 0.25) is 0 Å². The molecule has 0 aliphatic heterocycles. The summed E-state index contributed by atoms with van der Waals surface area (Å²) in [6.45, 7) is 2.76. The third kappa shape index (κ3) is 3.68. The van der Waals surface area contributed by atoms with Gasteiger partial charge in [-0.1, -0.05) is 37.3 Å². The monoisotopic (exact) mass is 289 g/mol. The molecule has 0 spiro atoms. The molecule has 1 heterocycles. The Hall–Kier alpha value is -1.65. The van der Waals surface area contributed by atoms with Gasteiger partial charge < -0.3 is 10.4 Å². The Bertz CT molecular complexity index is 551. The molecular weight excluding hydrogens is 270 g/mol. The lowest BCUT2D eigenvalue weighted by Gasteiger charge is -2.11. The fourth-order valence-electron chi connectivity index (χ4n) is 2.00. The van der Waals surface area contributed by atoms with Crippen molar-refractivity contribution in [3.8, 4) is 11.1 Å². The molecule has 1 unspecified atom stereocenters. The minimum Gasteiger partial charge on any atom is -0.396 e. The second kappa shape index (κ2) is 7.22. The second-order valence-electron chi connectivity index (χ2n) is 4.86. The van der Waals surface area contributed by atoms with E-state index in [4.69, 9.17) is 5.11 Å². The summed E-state index contributed by atoms with van der Waals surface area (Å²) in [7, 11) is 0. The van der Waals surface area contributed by atoms with E-state index in [1.807, 2.05) is 48.7 Å². The summed E-state index contributed by atoms with van der Waals surface area (Å²) in [6.07, 6.45) is 0.705. The van der Waals surface area contributed by atoms with E-state index >= 15 is 0 Å². The Morgan fingerprint density at radius 1 is 1.30 bits per heavy atom. The number of thiophene rings is 1. The van der Waals surface area contributed by atoms with E-state index in [1.165, 1.54) is 11.3 Å². The highest BCUT2D eigenvalue weighted by molar-refractivity contribution is 7.12. The fraction of sp³-hybridized carbons (Fsp3) is 0.312. The Morgan fingerprint density at radius 2 is 2.05 bits per heavy atom. The van der Waals surface area contributed by atoms with Crippen LogP contribution in [0.15, 0.2) is 41.8 Å². The third-order valence-corrected chi connectivity index (χ3v) is 4.10. The maximum atomic E-state index is 12.2. The quantitative estimate of drug-likeness (QED) is 0.858. The summed E-state index contributed by atoms with van der Waals surface area (Å²) in [4.78, 5) is 13.0. The number of rotatable bonds is 6. The van der Waals surface area contributed by atoms with Crippen LogP contribution in [-0.2, 0) is 0 Å². The van der Waals surface area contributed by atoms with E-state index in [0.29, 0.717) is 13.0 Å². The standard InChI is InChI=1S/C16H19NO2S/c1-12(7-9-18)11-17-16(19)15-14(8-10-20-15)13-5-3-2-4-6-13/h2-6,8,10,12,18H,7,9,11H2,1H3,(H,17,19). The molecule has 4 heteroatoms. The number of aliphatic hydroxyl groups is 1. The molecule has 2 rings (SSSR count). The highest BCUT2D eigenvalue weighted by Gasteiger charge is 2.14. The van der Waals surface area contributed by atoms with Gasteiger partial charge in [0.15, 0.2) is 0 Å². The van der Waals surface area contributed by atoms with Gasteiger partial charge >= 0.3 is 0 Å². The highest BCUT2D eigenvalue weighted by atomic mass is 32.1. The van der Waals surface area contributed by atoms with E-state index in [9.17, 15) is 4.79 Å². The smallest absolute Gasteiger partial charge is 0.261 e. The number of hydrogen-bond donors (Lipinski definition) is 2. The first-order chi connectivity index (χ1) is 9.72. The van der Waals surface area contributed by atoms with E-state index in [-0.39, 0.29) is 18.4 Å². The molecule has 0 bridgehead atoms. The highest BCUT2D eigenvalue weighted by Crippen LogP contribution is 2.28. The molecule has 2 aromatic rings. The molecule has 0 radical (unpaired) electrons. The van der Waals surface area contributed by atoms with Crippen molar-refractivity contribution in [3.63, 3.8) is 0 Å². The van der Waals surface area contributed by atoms with Crippen LogP contribution >= 0.6 is 11.3 Å². The summed E-state index contributed by atoms with van der Waals surface area (Å²) >= 11 is 1.46. The molecule has 3 nitrogen and oxygen atoms in total. The van der Waals surface area contributed by atoms with Gasteiger partial charge in [0.1, 0.15) is 0 Å². The van der Waals surface area contributed by atoms with Crippen molar-refractivity contribution < 1.29 is 9.90 Å². The number of carbonyl (C=O) groups excluding carboxylic acids is 1. The molecule has 106 valence electrons. The van der Waals surface area contributed by atoms with Crippen molar-refractivity contribution in [1.82, 2.24) is 5.32 Å². The normalized spacial score (nSPS) is 12.1. The van der Waals surface area contributed by atoms with E-state index in [2.05, 4.69) is 5.32 Å².